The van der Waals surface area contributed by atoms with Crippen molar-refractivity contribution in [1.82, 2.24) is 4.90 Å². The zero-order chi connectivity index (χ0) is 16.4. The Bertz CT molecular complexity index is 589. The first kappa shape index (κ1) is 16.1. The van der Waals surface area contributed by atoms with Crippen LogP contribution in [0.1, 0.15) is 24.1 Å². The summed E-state index contributed by atoms with van der Waals surface area (Å²) < 4.78 is 21.6. The molecule has 2 aliphatic rings. The average Bonchev–Trinajstić information content (AvgIpc) is 2.59. The van der Waals surface area contributed by atoms with Gasteiger partial charge in [-0.2, -0.15) is 0 Å². The number of esters is 1. The first-order valence-electron chi connectivity index (χ1n) is 7.95. The maximum absolute atomic E-state index is 11.9. The van der Waals surface area contributed by atoms with Crippen molar-refractivity contribution in [2.24, 2.45) is 0 Å². The lowest BCUT2D eigenvalue weighted by Crippen LogP contribution is -2.50. The highest BCUT2D eigenvalue weighted by Gasteiger charge is 2.37. The average molecular weight is 321 g/mol. The maximum atomic E-state index is 11.9. The van der Waals surface area contributed by atoms with Crippen LogP contribution >= 0.6 is 0 Å². The van der Waals surface area contributed by atoms with Gasteiger partial charge in [-0.1, -0.05) is 0 Å². The van der Waals surface area contributed by atoms with Gasteiger partial charge in [-0.25, -0.2) is 4.79 Å². The molecule has 0 saturated carbocycles. The van der Waals surface area contributed by atoms with E-state index in [-0.39, 0.29) is 12.0 Å². The van der Waals surface area contributed by atoms with Crippen LogP contribution in [0.5, 0.6) is 11.5 Å². The van der Waals surface area contributed by atoms with Gasteiger partial charge in [0.1, 0.15) is 0 Å². The molecule has 1 aromatic carbocycles. The lowest BCUT2D eigenvalue weighted by molar-refractivity contribution is -0.166. The Labute approximate surface area is 136 Å². The van der Waals surface area contributed by atoms with Crippen molar-refractivity contribution < 1.29 is 23.7 Å². The van der Waals surface area contributed by atoms with E-state index in [9.17, 15) is 4.79 Å². The number of rotatable bonds is 4. The number of hydrogen-bond donors (Lipinski definition) is 0. The summed E-state index contributed by atoms with van der Waals surface area (Å²) in [5.41, 5.74) is 2.44. The van der Waals surface area contributed by atoms with Crippen LogP contribution in [-0.2, 0) is 20.7 Å². The third-order valence-electron chi connectivity index (χ3n) is 4.52. The Morgan fingerprint density at radius 1 is 1.30 bits per heavy atom. The topological polar surface area (TPSA) is 57.2 Å². The highest BCUT2D eigenvalue weighted by Crippen LogP contribution is 2.39. The lowest BCUT2D eigenvalue weighted by Gasteiger charge is -2.42. The third kappa shape index (κ3) is 3.01. The molecule has 3 rings (SSSR count). The molecule has 0 N–H and O–H groups in total. The van der Waals surface area contributed by atoms with Gasteiger partial charge in [0.25, 0.3) is 0 Å². The van der Waals surface area contributed by atoms with Gasteiger partial charge in [0.15, 0.2) is 17.6 Å². The summed E-state index contributed by atoms with van der Waals surface area (Å²) in [6.45, 7) is 4.12. The molecule has 0 unspecified atom stereocenters. The monoisotopic (exact) mass is 321 g/mol. The fraction of sp³-hybridized carbons (Fsp3) is 0.588. The third-order valence-corrected chi connectivity index (χ3v) is 4.52. The fourth-order valence-electron chi connectivity index (χ4n) is 3.34. The predicted octanol–water partition coefficient (Wildman–Crippen LogP) is 1.56. The van der Waals surface area contributed by atoms with Crippen LogP contribution in [0.25, 0.3) is 0 Å². The van der Waals surface area contributed by atoms with E-state index >= 15 is 0 Å². The molecule has 0 aromatic heterocycles. The second kappa shape index (κ2) is 6.76. The molecule has 0 radical (unpaired) electrons. The van der Waals surface area contributed by atoms with Crippen LogP contribution in [0.3, 0.4) is 0 Å². The number of nitrogens with zero attached hydrogens (tertiary/aromatic N) is 1. The minimum Gasteiger partial charge on any atom is -0.493 e. The van der Waals surface area contributed by atoms with E-state index in [0.29, 0.717) is 19.8 Å². The molecule has 2 aliphatic heterocycles. The first-order chi connectivity index (χ1) is 11.2. The fourth-order valence-corrected chi connectivity index (χ4v) is 3.34. The normalized spacial score (nSPS) is 23.6. The summed E-state index contributed by atoms with van der Waals surface area (Å²) in [6.07, 6.45) is 0.426. The van der Waals surface area contributed by atoms with Crippen molar-refractivity contribution in [2.75, 3.05) is 40.5 Å². The van der Waals surface area contributed by atoms with E-state index in [1.807, 2.05) is 12.1 Å². The molecule has 0 spiro atoms. The van der Waals surface area contributed by atoms with E-state index < -0.39 is 6.10 Å². The zero-order valence-corrected chi connectivity index (χ0v) is 13.8. The van der Waals surface area contributed by atoms with Crippen molar-refractivity contribution in [1.29, 1.82) is 0 Å². The molecule has 1 aromatic rings. The summed E-state index contributed by atoms with van der Waals surface area (Å²) >= 11 is 0. The van der Waals surface area contributed by atoms with E-state index in [2.05, 4.69) is 4.90 Å². The van der Waals surface area contributed by atoms with Crippen LogP contribution < -0.4 is 9.47 Å². The molecule has 6 heteroatoms. The summed E-state index contributed by atoms with van der Waals surface area (Å²) in [4.78, 5) is 14.2. The molecule has 6 nitrogen and oxygen atoms in total. The van der Waals surface area contributed by atoms with Crippen LogP contribution in [0.15, 0.2) is 12.1 Å². The quantitative estimate of drug-likeness (QED) is 0.785. The Morgan fingerprint density at radius 2 is 2.04 bits per heavy atom. The molecule has 0 bridgehead atoms. The van der Waals surface area contributed by atoms with E-state index in [1.165, 1.54) is 11.1 Å². The molecule has 0 aliphatic carbocycles. The van der Waals surface area contributed by atoms with Crippen molar-refractivity contribution in [3.63, 3.8) is 0 Å². The second-order valence-corrected chi connectivity index (χ2v) is 5.74. The molecule has 1 fully saturated rings. The number of carbonyl (C=O) groups is 1. The standard InChI is InChI=1S/C17H23NO5/c1-4-22-17(19)16-9-18-6-5-11-7-14(20-2)15(21-3)8-12(11)13(18)10-23-16/h7-8,13,16H,4-6,9-10H2,1-3H3/t13-,16-/m1/s1. The van der Waals surface area contributed by atoms with Gasteiger partial charge in [-0.15, -0.1) is 0 Å². The predicted molar refractivity (Wildman–Crippen MR) is 83.9 cm³/mol. The number of carbonyl (C=O) groups excluding carboxylic acids is 1. The van der Waals surface area contributed by atoms with E-state index in [0.717, 1.165) is 24.5 Å². The highest BCUT2D eigenvalue weighted by atomic mass is 16.6. The summed E-state index contributed by atoms with van der Waals surface area (Å²) in [5.74, 6) is 1.20. The van der Waals surface area contributed by atoms with Crippen LogP contribution in [-0.4, -0.2) is 57.5 Å². The summed E-state index contributed by atoms with van der Waals surface area (Å²) in [6, 6.07) is 4.21. The molecule has 0 amide bonds. The molecule has 1 saturated heterocycles. The van der Waals surface area contributed by atoms with E-state index in [1.54, 1.807) is 21.1 Å². The number of hydrogen-bond acceptors (Lipinski definition) is 6. The summed E-state index contributed by atoms with van der Waals surface area (Å²) in [7, 11) is 3.28. The van der Waals surface area contributed by atoms with Crippen LogP contribution in [0.2, 0.25) is 0 Å². The van der Waals surface area contributed by atoms with Crippen LogP contribution in [0, 0.1) is 0 Å². The van der Waals surface area contributed by atoms with Crippen molar-refractivity contribution in [3.05, 3.63) is 23.3 Å². The smallest absolute Gasteiger partial charge is 0.336 e. The molecule has 126 valence electrons. The van der Waals surface area contributed by atoms with Gasteiger partial charge in [-0.3, -0.25) is 4.90 Å². The SMILES string of the molecule is CCOC(=O)[C@H]1CN2CCc3cc(OC)c(OC)cc3[C@H]2CO1. The number of benzene rings is 1. The number of methoxy groups -OCH3 is 2. The number of morpholine rings is 1. The van der Waals surface area contributed by atoms with Crippen molar-refractivity contribution >= 4 is 5.97 Å². The van der Waals surface area contributed by atoms with Crippen molar-refractivity contribution in [3.8, 4) is 11.5 Å². The Hall–Kier alpha value is -1.79. The largest absolute Gasteiger partial charge is 0.493 e. The number of ether oxygens (including phenoxy) is 4. The van der Waals surface area contributed by atoms with Gasteiger partial charge < -0.3 is 18.9 Å². The molecular formula is C17H23NO5. The second-order valence-electron chi connectivity index (χ2n) is 5.74. The van der Waals surface area contributed by atoms with Gasteiger partial charge in [0.2, 0.25) is 0 Å². The zero-order valence-electron chi connectivity index (χ0n) is 13.8. The first-order valence-corrected chi connectivity index (χ1v) is 7.95. The Balaban J connectivity index is 1.82. The van der Waals surface area contributed by atoms with Crippen LogP contribution in [0.4, 0.5) is 0 Å². The molecular weight excluding hydrogens is 298 g/mol. The minimum absolute atomic E-state index is 0.143. The minimum atomic E-state index is -0.493. The Kier molecular flexibility index (Phi) is 4.73. The Morgan fingerprint density at radius 3 is 2.74 bits per heavy atom. The number of fused-ring (bicyclic) bond motifs is 3. The maximum Gasteiger partial charge on any atom is 0.336 e. The highest BCUT2D eigenvalue weighted by molar-refractivity contribution is 5.75. The van der Waals surface area contributed by atoms with Gasteiger partial charge >= 0.3 is 5.97 Å². The van der Waals surface area contributed by atoms with Gasteiger partial charge in [0.05, 0.1) is 33.5 Å². The molecule has 23 heavy (non-hydrogen) atoms. The molecule has 2 heterocycles. The van der Waals surface area contributed by atoms with Gasteiger partial charge in [-0.05, 0) is 36.6 Å². The van der Waals surface area contributed by atoms with E-state index in [4.69, 9.17) is 18.9 Å². The lowest BCUT2D eigenvalue weighted by atomic mass is 9.91. The van der Waals surface area contributed by atoms with Gasteiger partial charge in [0, 0.05) is 13.1 Å². The van der Waals surface area contributed by atoms with Crippen molar-refractivity contribution in [2.45, 2.75) is 25.5 Å². The molecule has 2 atom stereocenters. The summed E-state index contributed by atoms with van der Waals surface area (Å²) in [5, 5.41) is 0.